The van der Waals surface area contributed by atoms with Crippen molar-refractivity contribution in [3.8, 4) is 0 Å². The fraction of sp³-hybridized carbons (Fsp3) is 0.680. The number of rotatable bonds is 11. The van der Waals surface area contributed by atoms with Crippen LogP contribution in [0.1, 0.15) is 80.1 Å². The van der Waals surface area contributed by atoms with Gasteiger partial charge in [0.25, 0.3) is 5.91 Å². The largest absolute Gasteiger partial charge is 0.383 e. The van der Waals surface area contributed by atoms with Gasteiger partial charge >= 0.3 is 0 Å². The number of hydrogen-bond acceptors (Lipinski definition) is 4. The molecular formula is C25H38N2O4. The Bertz CT molecular complexity index is 730. The molecule has 1 aliphatic heterocycles. The van der Waals surface area contributed by atoms with Gasteiger partial charge in [-0.3, -0.25) is 9.59 Å². The minimum atomic E-state index is -0.468. The molecule has 1 atom stereocenters. The second-order valence-corrected chi connectivity index (χ2v) is 8.74. The van der Waals surface area contributed by atoms with E-state index in [1.54, 1.807) is 7.11 Å². The molecule has 1 heterocycles. The van der Waals surface area contributed by atoms with Crippen molar-refractivity contribution in [1.29, 1.82) is 0 Å². The molecular weight excluding hydrogens is 392 g/mol. The molecule has 1 aromatic carbocycles. The normalized spacial score (nSPS) is 20.0. The first kappa shape index (κ1) is 23.7. The average molecular weight is 431 g/mol. The number of benzene rings is 1. The van der Waals surface area contributed by atoms with E-state index >= 15 is 0 Å². The Balaban J connectivity index is 1.81. The van der Waals surface area contributed by atoms with Gasteiger partial charge in [0.2, 0.25) is 5.91 Å². The van der Waals surface area contributed by atoms with Crippen molar-refractivity contribution in [3.63, 3.8) is 0 Å². The molecule has 0 radical (unpaired) electrons. The Morgan fingerprint density at radius 2 is 1.87 bits per heavy atom. The summed E-state index contributed by atoms with van der Waals surface area (Å²) >= 11 is 0. The van der Waals surface area contributed by atoms with E-state index < -0.39 is 5.54 Å². The summed E-state index contributed by atoms with van der Waals surface area (Å²) in [5.74, 6) is -0.291. The first-order valence-corrected chi connectivity index (χ1v) is 11.9. The van der Waals surface area contributed by atoms with Crippen LogP contribution in [0.15, 0.2) is 24.3 Å². The lowest BCUT2D eigenvalue weighted by Gasteiger charge is -2.53. The fourth-order valence-electron chi connectivity index (χ4n) is 5.19. The van der Waals surface area contributed by atoms with Crippen molar-refractivity contribution in [2.75, 3.05) is 40.0 Å². The third-order valence-electron chi connectivity index (χ3n) is 6.73. The standard InChI is InChI=1S/C25H38N2O4/c1-3-4-17-31-18-10-15-26-23(28)22-20-11-6-7-12-21(20)24(29)27(16-19-30-2)25(22)13-8-5-9-14-25/h6-7,11-12,22H,3-5,8-10,13-19H2,1-2H3,(H,26,28)/t22-/m1/s1. The predicted octanol–water partition coefficient (Wildman–Crippen LogP) is 3.90. The number of nitrogens with one attached hydrogen (secondary N) is 1. The molecule has 2 amide bonds. The number of ether oxygens (including phenoxy) is 2. The van der Waals surface area contributed by atoms with Crippen molar-refractivity contribution in [2.24, 2.45) is 0 Å². The Kier molecular flexibility index (Phi) is 8.90. The lowest BCUT2D eigenvalue weighted by molar-refractivity contribution is -0.127. The van der Waals surface area contributed by atoms with Gasteiger partial charge in [-0.25, -0.2) is 0 Å². The van der Waals surface area contributed by atoms with Crippen molar-refractivity contribution < 1.29 is 19.1 Å². The minimum Gasteiger partial charge on any atom is -0.383 e. The first-order chi connectivity index (χ1) is 15.2. The summed E-state index contributed by atoms with van der Waals surface area (Å²) in [6, 6.07) is 7.65. The van der Waals surface area contributed by atoms with Gasteiger partial charge in [0.05, 0.1) is 18.1 Å². The van der Waals surface area contributed by atoms with Gasteiger partial charge in [-0.1, -0.05) is 50.8 Å². The minimum absolute atomic E-state index is 0.0258. The topological polar surface area (TPSA) is 67.9 Å². The van der Waals surface area contributed by atoms with Crippen LogP contribution in [0.25, 0.3) is 0 Å². The molecule has 6 heteroatoms. The molecule has 1 fully saturated rings. The van der Waals surface area contributed by atoms with Crippen LogP contribution in [0, 0.1) is 0 Å². The Morgan fingerprint density at radius 3 is 2.61 bits per heavy atom. The Morgan fingerprint density at radius 1 is 1.13 bits per heavy atom. The summed E-state index contributed by atoms with van der Waals surface area (Å²) in [5.41, 5.74) is 1.06. The predicted molar refractivity (Wildman–Crippen MR) is 121 cm³/mol. The highest BCUT2D eigenvalue weighted by Crippen LogP contribution is 2.49. The zero-order valence-electron chi connectivity index (χ0n) is 19.2. The monoisotopic (exact) mass is 430 g/mol. The second-order valence-electron chi connectivity index (χ2n) is 8.74. The molecule has 1 saturated carbocycles. The number of carbonyl (C=O) groups excluding carboxylic acids is 2. The lowest BCUT2D eigenvalue weighted by atomic mass is 9.65. The zero-order valence-corrected chi connectivity index (χ0v) is 19.2. The first-order valence-electron chi connectivity index (χ1n) is 11.9. The second kappa shape index (κ2) is 11.6. The summed E-state index contributed by atoms with van der Waals surface area (Å²) in [4.78, 5) is 29.0. The fourth-order valence-corrected chi connectivity index (χ4v) is 5.19. The summed E-state index contributed by atoms with van der Waals surface area (Å²) in [5, 5.41) is 3.16. The summed E-state index contributed by atoms with van der Waals surface area (Å²) in [7, 11) is 1.66. The van der Waals surface area contributed by atoms with Crippen molar-refractivity contribution >= 4 is 11.8 Å². The molecule has 1 spiro atoms. The Hall–Kier alpha value is -1.92. The number of amides is 2. The molecule has 1 N–H and O–H groups in total. The van der Waals surface area contributed by atoms with E-state index in [2.05, 4.69) is 12.2 Å². The third kappa shape index (κ3) is 5.29. The van der Waals surface area contributed by atoms with Crippen LogP contribution in [0.2, 0.25) is 0 Å². The molecule has 0 unspecified atom stereocenters. The van der Waals surface area contributed by atoms with Crippen molar-refractivity contribution in [2.45, 2.75) is 69.7 Å². The molecule has 6 nitrogen and oxygen atoms in total. The number of methoxy groups -OCH3 is 1. The maximum absolute atomic E-state index is 13.6. The van der Waals surface area contributed by atoms with Crippen LogP contribution in [0.4, 0.5) is 0 Å². The molecule has 1 aromatic rings. The average Bonchev–Trinajstić information content (AvgIpc) is 2.79. The van der Waals surface area contributed by atoms with Crippen molar-refractivity contribution in [3.05, 3.63) is 35.4 Å². The molecule has 0 saturated heterocycles. The van der Waals surface area contributed by atoms with Gasteiger partial charge < -0.3 is 19.7 Å². The van der Waals surface area contributed by atoms with Crippen LogP contribution in [0.5, 0.6) is 0 Å². The van der Waals surface area contributed by atoms with E-state index in [4.69, 9.17) is 9.47 Å². The van der Waals surface area contributed by atoms with Crippen molar-refractivity contribution in [1.82, 2.24) is 10.2 Å². The quantitative estimate of drug-likeness (QED) is 0.541. The molecule has 0 aromatic heterocycles. The van der Waals surface area contributed by atoms with E-state index in [-0.39, 0.29) is 17.7 Å². The van der Waals surface area contributed by atoms with Crippen LogP contribution in [0.3, 0.4) is 0 Å². The molecule has 172 valence electrons. The number of hydrogen-bond donors (Lipinski definition) is 1. The molecule has 31 heavy (non-hydrogen) atoms. The van der Waals surface area contributed by atoms with Crippen LogP contribution < -0.4 is 5.32 Å². The highest BCUT2D eigenvalue weighted by Gasteiger charge is 2.54. The number of carbonyl (C=O) groups is 2. The highest BCUT2D eigenvalue weighted by atomic mass is 16.5. The summed E-state index contributed by atoms with van der Waals surface area (Å²) in [6.45, 7) is 5.15. The van der Waals surface area contributed by atoms with Gasteiger partial charge in [-0.2, -0.15) is 0 Å². The maximum atomic E-state index is 13.6. The number of unbranched alkanes of at least 4 members (excludes halogenated alkanes) is 1. The number of fused-ring (bicyclic) bond motifs is 1. The van der Waals surface area contributed by atoms with Gasteiger partial charge in [0.1, 0.15) is 0 Å². The Labute approximate surface area is 186 Å². The van der Waals surface area contributed by atoms with Gasteiger partial charge in [0.15, 0.2) is 0 Å². The smallest absolute Gasteiger partial charge is 0.254 e. The SMILES string of the molecule is CCCCOCCCNC(=O)[C@H]1c2ccccc2C(=O)N(CCOC)C12CCCCC2. The third-order valence-corrected chi connectivity index (χ3v) is 6.73. The van der Waals surface area contributed by atoms with E-state index in [1.165, 1.54) is 0 Å². The van der Waals surface area contributed by atoms with Crippen LogP contribution in [-0.4, -0.2) is 62.3 Å². The zero-order chi connectivity index (χ0) is 22.1. The number of nitrogens with zero attached hydrogens (tertiary/aromatic N) is 1. The molecule has 3 rings (SSSR count). The van der Waals surface area contributed by atoms with Gasteiger partial charge in [0, 0.05) is 39.0 Å². The lowest BCUT2D eigenvalue weighted by Crippen LogP contribution is -2.63. The van der Waals surface area contributed by atoms with Crippen LogP contribution in [-0.2, 0) is 14.3 Å². The van der Waals surface area contributed by atoms with E-state index in [0.717, 1.165) is 63.5 Å². The van der Waals surface area contributed by atoms with E-state index in [9.17, 15) is 9.59 Å². The van der Waals surface area contributed by atoms with Gasteiger partial charge in [-0.15, -0.1) is 0 Å². The summed E-state index contributed by atoms with van der Waals surface area (Å²) in [6.07, 6.45) is 7.92. The molecule has 1 aliphatic carbocycles. The highest BCUT2D eigenvalue weighted by molar-refractivity contribution is 6.02. The van der Waals surface area contributed by atoms with Gasteiger partial charge in [-0.05, 0) is 37.3 Å². The van der Waals surface area contributed by atoms with E-state index in [1.807, 2.05) is 29.2 Å². The maximum Gasteiger partial charge on any atom is 0.254 e. The van der Waals surface area contributed by atoms with E-state index in [0.29, 0.717) is 31.9 Å². The summed E-state index contributed by atoms with van der Waals surface area (Å²) < 4.78 is 10.9. The molecule has 2 aliphatic rings. The molecule has 0 bridgehead atoms. The van der Waals surface area contributed by atoms with Crippen LogP contribution >= 0.6 is 0 Å².